The number of nitrogens with zero attached hydrogens (tertiary/aromatic N) is 1. The molecule has 1 fully saturated rings. The van der Waals surface area contributed by atoms with Crippen molar-refractivity contribution in [1.29, 1.82) is 5.26 Å². The second kappa shape index (κ2) is 4.88. The SMILES string of the molecule is N#CC1(Nc2ccccc2Br)CCCCC1. The fourth-order valence-corrected chi connectivity index (χ4v) is 2.62. The Labute approximate surface area is 105 Å². The van der Waals surface area contributed by atoms with Crippen LogP contribution < -0.4 is 5.32 Å². The maximum absolute atomic E-state index is 9.37. The number of halogens is 1. The van der Waals surface area contributed by atoms with Crippen molar-refractivity contribution in [1.82, 2.24) is 0 Å². The van der Waals surface area contributed by atoms with E-state index in [9.17, 15) is 5.26 Å². The number of rotatable bonds is 2. The molecule has 0 bridgehead atoms. The first-order chi connectivity index (χ1) is 7.76. The fourth-order valence-electron chi connectivity index (χ4n) is 2.24. The quantitative estimate of drug-likeness (QED) is 0.885. The van der Waals surface area contributed by atoms with Crippen LogP contribution in [0, 0.1) is 11.3 Å². The van der Waals surface area contributed by atoms with Crippen molar-refractivity contribution in [2.45, 2.75) is 37.6 Å². The van der Waals surface area contributed by atoms with Crippen LogP contribution in [0.25, 0.3) is 0 Å². The number of anilines is 1. The van der Waals surface area contributed by atoms with Crippen molar-refractivity contribution < 1.29 is 0 Å². The van der Waals surface area contributed by atoms with Gasteiger partial charge in [-0.1, -0.05) is 31.4 Å². The zero-order valence-electron chi connectivity index (χ0n) is 9.17. The van der Waals surface area contributed by atoms with Crippen LogP contribution in [-0.2, 0) is 0 Å². The molecule has 0 radical (unpaired) electrons. The van der Waals surface area contributed by atoms with Gasteiger partial charge in [-0.15, -0.1) is 0 Å². The second-order valence-electron chi connectivity index (χ2n) is 4.36. The Hall–Kier alpha value is -1.01. The molecule has 0 spiro atoms. The number of benzene rings is 1. The van der Waals surface area contributed by atoms with E-state index in [2.05, 4.69) is 27.3 Å². The van der Waals surface area contributed by atoms with Gasteiger partial charge in [-0.05, 0) is 40.9 Å². The van der Waals surface area contributed by atoms with E-state index in [1.807, 2.05) is 24.3 Å². The number of hydrogen-bond acceptors (Lipinski definition) is 2. The lowest BCUT2D eigenvalue weighted by Crippen LogP contribution is -2.38. The molecule has 1 N–H and O–H groups in total. The maximum atomic E-state index is 9.37. The number of para-hydroxylation sites is 1. The van der Waals surface area contributed by atoms with Crippen molar-refractivity contribution in [2.24, 2.45) is 0 Å². The van der Waals surface area contributed by atoms with Crippen molar-refractivity contribution in [2.75, 3.05) is 5.32 Å². The molecule has 0 aliphatic heterocycles. The van der Waals surface area contributed by atoms with Gasteiger partial charge in [-0.2, -0.15) is 5.26 Å². The molecule has 0 aromatic heterocycles. The highest BCUT2D eigenvalue weighted by Crippen LogP contribution is 2.33. The highest BCUT2D eigenvalue weighted by atomic mass is 79.9. The lowest BCUT2D eigenvalue weighted by molar-refractivity contribution is 0.392. The predicted octanol–water partition coefficient (Wildman–Crippen LogP) is 4.09. The molecule has 84 valence electrons. The highest BCUT2D eigenvalue weighted by Gasteiger charge is 2.32. The minimum atomic E-state index is -0.359. The van der Waals surface area contributed by atoms with Gasteiger partial charge >= 0.3 is 0 Å². The zero-order valence-corrected chi connectivity index (χ0v) is 10.8. The molecular formula is C13H15BrN2. The van der Waals surface area contributed by atoms with E-state index in [0.717, 1.165) is 35.8 Å². The molecule has 0 heterocycles. The van der Waals surface area contributed by atoms with Gasteiger partial charge in [0.05, 0.1) is 6.07 Å². The average Bonchev–Trinajstić information content (AvgIpc) is 2.33. The van der Waals surface area contributed by atoms with E-state index < -0.39 is 0 Å². The molecule has 0 atom stereocenters. The van der Waals surface area contributed by atoms with Crippen molar-refractivity contribution >= 4 is 21.6 Å². The van der Waals surface area contributed by atoms with Crippen LogP contribution in [0.3, 0.4) is 0 Å². The Morgan fingerprint density at radius 3 is 2.50 bits per heavy atom. The van der Waals surface area contributed by atoms with E-state index in [4.69, 9.17) is 0 Å². The number of nitriles is 1. The Kier molecular flexibility index (Phi) is 3.50. The minimum Gasteiger partial charge on any atom is -0.366 e. The Morgan fingerprint density at radius 2 is 1.88 bits per heavy atom. The van der Waals surface area contributed by atoms with Gasteiger partial charge in [-0.25, -0.2) is 0 Å². The summed E-state index contributed by atoms with van der Waals surface area (Å²) >= 11 is 3.50. The van der Waals surface area contributed by atoms with E-state index in [-0.39, 0.29) is 5.54 Å². The normalized spacial score (nSPS) is 18.8. The van der Waals surface area contributed by atoms with E-state index in [0.29, 0.717) is 0 Å². The molecule has 2 rings (SSSR count). The first-order valence-electron chi connectivity index (χ1n) is 5.70. The maximum Gasteiger partial charge on any atom is 0.125 e. The summed E-state index contributed by atoms with van der Waals surface area (Å²) in [5, 5.41) is 12.8. The van der Waals surface area contributed by atoms with Crippen LogP contribution in [-0.4, -0.2) is 5.54 Å². The van der Waals surface area contributed by atoms with Gasteiger partial charge in [0.2, 0.25) is 0 Å². The fraction of sp³-hybridized carbons (Fsp3) is 0.462. The summed E-state index contributed by atoms with van der Waals surface area (Å²) < 4.78 is 1.02. The van der Waals surface area contributed by atoms with Crippen LogP contribution >= 0.6 is 15.9 Å². The van der Waals surface area contributed by atoms with Gasteiger partial charge in [-0.3, -0.25) is 0 Å². The molecule has 3 heteroatoms. The third-order valence-corrected chi connectivity index (χ3v) is 3.86. The first kappa shape index (κ1) is 11.5. The zero-order chi connectivity index (χ0) is 11.4. The monoisotopic (exact) mass is 278 g/mol. The minimum absolute atomic E-state index is 0.359. The molecule has 1 aliphatic carbocycles. The molecule has 0 unspecified atom stereocenters. The van der Waals surface area contributed by atoms with Crippen molar-refractivity contribution in [3.63, 3.8) is 0 Å². The molecule has 1 saturated carbocycles. The molecule has 2 nitrogen and oxygen atoms in total. The lowest BCUT2D eigenvalue weighted by atomic mass is 9.82. The molecule has 1 aromatic carbocycles. The third-order valence-electron chi connectivity index (χ3n) is 3.17. The highest BCUT2D eigenvalue weighted by molar-refractivity contribution is 9.10. The lowest BCUT2D eigenvalue weighted by Gasteiger charge is -2.32. The third kappa shape index (κ3) is 2.38. The smallest absolute Gasteiger partial charge is 0.125 e. The van der Waals surface area contributed by atoms with E-state index in [1.165, 1.54) is 6.42 Å². The molecule has 16 heavy (non-hydrogen) atoms. The summed E-state index contributed by atoms with van der Waals surface area (Å²) in [6.45, 7) is 0. The Balaban J connectivity index is 2.19. The Bertz CT molecular complexity index is 403. The summed E-state index contributed by atoms with van der Waals surface area (Å²) in [7, 11) is 0. The standard InChI is InChI=1S/C13H15BrN2/c14-11-6-2-3-7-12(11)16-13(10-15)8-4-1-5-9-13/h2-3,6-7,16H,1,4-5,8-9H2. The first-order valence-corrected chi connectivity index (χ1v) is 6.49. The molecular weight excluding hydrogens is 264 g/mol. The van der Waals surface area contributed by atoms with E-state index >= 15 is 0 Å². The van der Waals surface area contributed by atoms with Gasteiger partial charge in [0.25, 0.3) is 0 Å². The van der Waals surface area contributed by atoms with Crippen LogP contribution in [0.1, 0.15) is 32.1 Å². The van der Waals surface area contributed by atoms with Crippen LogP contribution in [0.15, 0.2) is 28.7 Å². The van der Waals surface area contributed by atoms with E-state index in [1.54, 1.807) is 0 Å². The van der Waals surface area contributed by atoms with Crippen LogP contribution in [0.2, 0.25) is 0 Å². The van der Waals surface area contributed by atoms with Crippen molar-refractivity contribution in [3.05, 3.63) is 28.7 Å². The molecule has 0 saturated heterocycles. The molecule has 0 amide bonds. The van der Waals surface area contributed by atoms with Crippen molar-refractivity contribution in [3.8, 4) is 6.07 Å². The summed E-state index contributed by atoms with van der Waals surface area (Å²) in [5.41, 5.74) is 0.660. The topological polar surface area (TPSA) is 35.8 Å². The summed E-state index contributed by atoms with van der Waals surface area (Å²) in [6, 6.07) is 10.4. The summed E-state index contributed by atoms with van der Waals surface area (Å²) in [6.07, 6.45) is 5.44. The van der Waals surface area contributed by atoms with Gasteiger partial charge in [0.1, 0.15) is 5.54 Å². The summed E-state index contributed by atoms with van der Waals surface area (Å²) in [4.78, 5) is 0. The van der Waals surface area contributed by atoms with Crippen LogP contribution in [0.4, 0.5) is 5.69 Å². The largest absolute Gasteiger partial charge is 0.366 e. The average molecular weight is 279 g/mol. The predicted molar refractivity (Wildman–Crippen MR) is 69.2 cm³/mol. The molecule has 1 aromatic rings. The Morgan fingerprint density at radius 1 is 1.19 bits per heavy atom. The van der Waals surface area contributed by atoms with Gasteiger partial charge < -0.3 is 5.32 Å². The summed E-state index contributed by atoms with van der Waals surface area (Å²) in [5.74, 6) is 0. The molecule has 1 aliphatic rings. The van der Waals surface area contributed by atoms with Crippen LogP contribution in [0.5, 0.6) is 0 Å². The number of nitrogens with one attached hydrogen (secondary N) is 1. The van der Waals surface area contributed by atoms with Gasteiger partial charge in [0, 0.05) is 10.2 Å². The number of hydrogen-bond donors (Lipinski definition) is 1. The van der Waals surface area contributed by atoms with Gasteiger partial charge in [0.15, 0.2) is 0 Å². The second-order valence-corrected chi connectivity index (χ2v) is 5.21.